The zero-order chi connectivity index (χ0) is 14.0. The van der Waals surface area contributed by atoms with Gasteiger partial charge in [0.1, 0.15) is 11.6 Å². The first-order valence-electron chi connectivity index (χ1n) is 6.11. The molecule has 1 aromatic carbocycles. The van der Waals surface area contributed by atoms with Crippen LogP contribution in [0.2, 0.25) is 0 Å². The average molecular weight is 286 g/mol. The van der Waals surface area contributed by atoms with E-state index in [0.29, 0.717) is 11.3 Å². The number of carbonyl (C=O) groups is 1. The molecule has 2 atom stereocenters. The van der Waals surface area contributed by atoms with Crippen molar-refractivity contribution in [3.8, 4) is 0 Å². The lowest BCUT2D eigenvalue weighted by atomic mass is 10.1. The monoisotopic (exact) mass is 286 g/mol. The average Bonchev–Trinajstić information content (AvgIpc) is 2.80. The molecule has 1 aliphatic rings. The number of anilines is 1. The highest BCUT2D eigenvalue weighted by Crippen LogP contribution is 2.28. The third-order valence-corrected chi connectivity index (χ3v) is 4.57. The number of rotatable bonds is 3. The standard InChI is InChI=1S/C13H16F2N2OS/c1-19-12-4-2-3-11(12)17-13(18)7-5-10(16)9(15)6-8(7)14/h5-6,11-12H,2-4,16H2,1H3,(H,17,18). The molecule has 1 saturated carbocycles. The van der Waals surface area contributed by atoms with Gasteiger partial charge in [0.2, 0.25) is 0 Å². The predicted octanol–water partition coefficient (Wildman–Crippen LogP) is 2.56. The fourth-order valence-corrected chi connectivity index (χ4v) is 3.29. The third kappa shape index (κ3) is 3.00. The molecular weight excluding hydrogens is 270 g/mol. The summed E-state index contributed by atoms with van der Waals surface area (Å²) in [5.41, 5.74) is 4.94. The highest BCUT2D eigenvalue weighted by atomic mass is 32.2. The topological polar surface area (TPSA) is 55.1 Å². The van der Waals surface area contributed by atoms with Gasteiger partial charge in [-0.05, 0) is 25.2 Å². The Kier molecular flexibility index (Phi) is 4.29. The van der Waals surface area contributed by atoms with Crippen LogP contribution in [0.5, 0.6) is 0 Å². The van der Waals surface area contributed by atoms with Crippen LogP contribution in [-0.4, -0.2) is 23.5 Å². The van der Waals surface area contributed by atoms with E-state index in [1.807, 2.05) is 6.26 Å². The van der Waals surface area contributed by atoms with Gasteiger partial charge in [0.05, 0.1) is 11.3 Å². The first-order valence-corrected chi connectivity index (χ1v) is 7.40. The van der Waals surface area contributed by atoms with E-state index < -0.39 is 17.5 Å². The summed E-state index contributed by atoms with van der Waals surface area (Å²) in [6, 6.07) is 1.72. The molecule has 6 heteroatoms. The maximum absolute atomic E-state index is 13.6. The summed E-state index contributed by atoms with van der Waals surface area (Å²) < 4.78 is 26.6. The van der Waals surface area contributed by atoms with E-state index in [2.05, 4.69) is 5.32 Å². The number of benzene rings is 1. The summed E-state index contributed by atoms with van der Waals surface area (Å²) in [6.45, 7) is 0. The lowest BCUT2D eigenvalue weighted by molar-refractivity contribution is 0.0934. The molecule has 0 spiro atoms. The Bertz CT molecular complexity index is 496. The zero-order valence-corrected chi connectivity index (χ0v) is 11.4. The second-order valence-corrected chi connectivity index (χ2v) is 5.72. The van der Waals surface area contributed by atoms with Crippen LogP contribution in [0.3, 0.4) is 0 Å². The largest absolute Gasteiger partial charge is 0.396 e. The summed E-state index contributed by atoms with van der Waals surface area (Å²) >= 11 is 1.69. The molecule has 1 aromatic rings. The van der Waals surface area contributed by atoms with Crippen LogP contribution in [-0.2, 0) is 0 Å². The Labute approximate surface area is 114 Å². The Morgan fingerprint density at radius 2 is 2.11 bits per heavy atom. The molecule has 3 nitrogen and oxygen atoms in total. The maximum Gasteiger partial charge on any atom is 0.254 e. The lowest BCUT2D eigenvalue weighted by Gasteiger charge is -2.19. The van der Waals surface area contributed by atoms with Crippen LogP contribution < -0.4 is 11.1 Å². The number of nitrogens with one attached hydrogen (secondary N) is 1. The molecular formula is C13H16F2N2OS. The molecule has 0 aliphatic heterocycles. The quantitative estimate of drug-likeness (QED) is 0.840. The van der Waals surface area contributed by atoms with Crippen molar-refractivity contribution in [1.29, 1.82) is 0 Å². The smallest absolute Gasteiger partial charge is 0.254 e. The number of amides is 1. The van der Waals surface area contributed by atoms with Gasteiger partial charge in [-0.15, -0.1) is 0 Å². The number of hydrogen-bond acceptors (Lipinski definition) is 3. The molecule has 0 aromatic heterocycles. The molecule has 19 heavy (non-hydrogen) atoms. The molecule has 0 saturated heterocycles. The zero-order valence-electron chi connectivity index (χ0n) is 10.6. The van der Waals surface area contributed by atoms with Crippen LogP contribution in [0.15, 0.2) is 12.1 Å². The Morgan fingerprint density at radius 3 is 2.79 bits per heavy atom. The van der Waals surface area contributed by atoms with Gasteiger partial charge in [-0.3, -0.25) is 4.79 Å². The number of nitrogens with two attached hydrogens (primary N) is 1. The number of thioether (sulfide) groups is 1. The number of carbonyl (C=O) groups excluding carboxylic acids is 1. The van der Waals surface area contributed by atoms with Crippen molar-refractivity contribution in [2.24, 2.45) is 0 Å². The van der Waals surface area contributed by atoms with Gasteiger partial charge in [-0.25, -0.2) is 8.78 Å². The van der Waals surface area contributed by atoms with Crippen molar-refractivity contribution < 1.29 is 13.6 Å². The molecule has 3 N–H and O–H groups in total. The lowest BCUT2D eigenvalue weighted by Crippen LogP contribution is -2.39. The van der Waals surface area contributed by atoms with Crippen LogP contribution in [0.4, 0.5) is 14.5 Å². The van der Waals surface area contributed by atoms with Gasteiger partial charge in [0.15, 0.2) is 0 Å². The van der Waals surface area contributed by atoms with Gasteiger partial charge in [0.25, 0.3) is 5.91 Å². The first-order chi connectivity index (χ1) is 9.02. The molecule has 0 radical (unpaired) electrons. The number of halogens is 2. The highest BCUT2D eigenvalue weighted by Gasteiger charge is 2.28. The van der Waals surface area contributed by atoms with E-state index in [0.717, 1.165) is 25.3 Å². The van der Waals surface area contributed by atoms with Crippen molar-refractivity contribution in [2.45, 2.75) is 30.6 Å². The molecule has 1 aliphatic carbocycles. The van der Waals surface area contributed by atoms with Crippen molar-refractivity contribution in [3.05, 3.63) is 29.3 Å². The fourth-order valence-electron chi connectivity index (χ4n) is 2.36. The summed E-state index contributed by atoms with van der Waals surface area (Å²) in [4.78, 5) is 12.0. The van der Waals surface area contributed by atoms with Crippen molar-refractivity contribution >= 4 is 23.4 Å². The second kappa shape index (κ2) is 5.77. The number of hydrogen-bond donors (Lipinski definition) is 2. The molecule has 0 heterocycles. The van der Waals surface area contributed by atoms with Gasteiger partial charge in [0, 0.05) is 17.4 Å². The van der Waals surface area contributed by atoms with Gasteiger partial charge >= 0.3 is 0 Å². The van der Waals surface area contributed by atoms with Crippen LogP contribution >= 0.6 is 11.8 Å². The Hall–Kier alpha value is -1.30. The van der Waals surface area contributed by atoms with E-state index in [9.17, 15) is 13.6 Å². The van der Waals surface area contributed by atoms with Crippen LogP contribution in [0.25, 0.3) is 0 Å². The van der Waals surface area contributed by atoms with Crippen molar-refractivity contribution in [1.82, 2.24) is 5.32 Å². The third-order valence-electron chi connectivity index (χ3n) is 3.40. The molecule has 1 amide bonds. The van der Waals surface area contributed by atoms with Crippen molar-refractivity contribution in [2.75, 3.05) is 12.0 Å². The SMILES string of the molecule is CSC1CCCC1NC(=O)c1cc(N)c(F)cc1F. The normalized spacial score (nSPS) is 22.5. The molecule has 104 valence electrons. The highest BCUT2D eigenvalue weighted by molar-refractivity contribution is 7.99. The van der Waals surface area contributed by atoms with Crippen LogP contribution in [0.1, 0.15) is 29.6 Å². The summed E-state index contributed by atoms with van der Waals surface area (Å²) in [6.07, 6.45) is 4.96. The predicted molar refractivity (Wildman–Crippen MR) is 73.2 cm³/mol. The van der Waals surface area contributed by atoms with E-state index in [4.69, 9.17) is 5.73 Å². The number of nitrogen functional groups attached to an aromatic ring is 1. The Morgan fingerprint density at radius 1 is 1.37 bits per heavy atom. The van der Waals surface area contributed by atoms with Crippen LogP contribution in [0, 0.1) is 11.6 Å². The molecule has 0 bridgehead atoms. The second-order valence-electron chi connectivity index (χ2n) is 4.64. The van der Waals surface area contributed by atoms with Gasteiger partial charge in [-0.2, -0.15) is 11.8 Å². The summed E-state index contributed by atoms with van der Waals surface area (Å²) in [5, 5.41) is 3.16. The summed E-state index contributed by atoms with van der Waals surface area (Å²) in [5.74, 6) is -2.27. The fraction of sp³-hybridized carbons (Fsp3) is 0.462. The molecule has 1 fully saturated rings. The van der Waals surface area contributed by atoms with Gasteiger partial charge in [-0.1, -0.05) is 6.42 Å². The molecule has 2 unspecified atom stereocenters. The van der Waals surface area contributed by atoms with E-state index in [-0.39, 0.29) is 17.3 Å². The first kappa shape index (κ1) is 14.1. The summed E-state index contributed by atoms with van der Waals surface area (Å²) in [7, 11) is 0. The Balaban J connectivity index is 2.14. The van der Waals surface area contributed by atoms with E-state index in [1.54, 1.807) is 11.8 Å². The maximum atomic E-state index is 13.6. The van der Waals surface area contributed by atoms with Crippen molar-refractivity contribution in [3.63, 3.8) is 0 Å². The molecule has 2 rings (SSSR count). The minimum absolute atomic E-state index is 0.0353. The minimum Gasteiger partial charge on any atom is -0.396 e. The minimum atomic E-state index is -0.886. The van der Waals surface area contributed by atoms with E-state index >= 15 is 0 Å². The van der Waals surface area contributed by atoms with Gasteiger partial charge < -0.3 is 11.1 Å². The van der Waals surface area contributed by atoms with E-state index in [1.165, 1.54) is 0 Å².